The molecule has 1 amide bonds. The Kier molecular flexibility index (Phi) is 3.98. The zero-order valence-corrected chi connectivity index (χ0v) is 16.1. The molecule has 0 spiro atoms. The van der Waals surface area contributed by atoms with Crippen LogP contribution in [0.1, 0.15) is 17.2 Å². The van der Waals surface area contributed by atoms with Crippen LogP contribution >= 0.6 is 11.8 Å². The lowest BCUT2D eigenvalue weighted by atomic mass is 10.0. The zero-order chi connectivity index (χ0) is 19.3. The quantitative estimate of drug-likeness (QED) is 0.485. The van der Waals surface area contributed by atoms with Crippen molar-refractivity contribution in [3.05, 3.63) is 84.1 Å². The van der Waals surface area contributed by atoms with Crippen LogP contribution in [0.4, 0.5) is 4.79 Å². The maximum atomic E-state index is 12.4. The van der Waals surface area contributed by atoms with E-state index in [4.69, 9.17) is 0 Å². The third kappa shape index (κ3) is 2.70. The highest BCUT2D eigenvalue weighted by Crippen LogP contribution is 2.38. The average molecular weight is 386 g/mol. The van der Waals surface area contributed by atoms with Crippen molar-refractivity contribution in [3.8, 4) is 0 Å². The van der Waals surface area contributed by atoms with Crippen LogP contribution in [0.3, 0.4) is 0 Å². The predicted octanol–water partition coefficient (Wildman–Crippen LogP) is 5.21. The number of likely N-dealkylation sites (N-methyl/N-ethyl adjacent to an activating group) is 1. The van der Waals surface area contributed by atoms with Gasteiger partial charge in [0.15, 0.2) is 0 Å². The molecule has 0 saturated carbocycles. The van der Waals surface area contributed by atoms with Gasteiger partial charge in [0.05, 0.1) is 0 Å². The largest absolute Gasteiger partial charge is 0.343 e. The van der Waals surface area contributed by atoms with Gasteiger partial charge < -0.3 is 9.47 Å². The van der Waals surface area contributed by atoms with Crippen LogP contribution in [0.2, 0.25) is 0 Å². The standard InChI is InChI=1S/C23H18N2O2S/c1-24-21(22(26)28-23(24)27)19-7-4-8-20-18(19)11-12-25(20)14-15-9-10-16-5-2-3-6-17(16)13-15/h2-13,21H,14H2,1H3. The minimum Gasteiger partial charge on any atom is -0.343 e. The third-order valence-corrected chi connectivity index (χ3v) is 6.28. The van der Waals surface area contributed by atoms with Crippen LogP contribution in [-0.2, 0) is 11.3 Å². The number of thioether (sulfide) groups is 1. The molecule has 0 radical (unpaired) electrons. The summed E-state index contributed by atoms with van der Waals surface area (Å²) < 4.78 is 2.19. The molecular weight excluding hydrogens is 368 g/mol. The van der Waals surface area contributed by atoms with Gasteiger partial charge in [-0.25, -0.2) is 0 Å². The van der Waals surface area contributed by atoms with E-state index in [1.165, 1.54) is 21.2 Å². The monoisotopic (exact) mass is 386 g/mol. The minimum absolute atomic E-state index is 0.109. The SMILES string of the molecule is CN1C(=O)SC(=O)C1c1cccc2c1ccn2Cc1ccc2ccccc2c1. The summed E-state index contributed by atoms with van der Waals surface area (Å²) in [5.74, 6) is 0. The molecule has 138 valence electrons. The number of nitrogens with zero attached hydrogens (tertiary/aromatic N) is 2. The summed E-state index contributed by atoms with van der Waals surface area (Å²) in [6.45, 7) is 0.750. The number of hydrogen-bond acceptors (Lipinski definition) is 3. The molecule has 1 saturated heterocycles. The second kappa shape index (κ2) is 6.53. The summed E-state index contributed by atoms with van der Waals surface area (Å²) in [5.41, 5.74) is 3.18. The van der Waals surface area contributed by atoms with Crippen molar-refractivity contribution in [2.24, 2.45) is 0 Å². The highest BCUT2D eigenvalue weighted by atomic mass is 32.2. The van der Waals surface area contributed by atoms with Crippen LogP contribution in [0, 0.1) is 0 Å². The molecule has 2 heterocycles. The lowest BCUT2D eigenvalue weighted by Crippen LogP contribution is -2.23. The Hall–Kier alpha value is -3.05. The van der Waals surface area contributed by atoms with Crippen LogP contribution in [0.25, 0.3) is 21.7 Å². The number of fused-ring (bicyclic) bond motifs is 2. The van der Waals surface area contributed by atoms with Gasteiger partial charge >= 0.3 is 0 Å². The second-order valence-electron chi connectivity index (χ2n) is 7.11. The topological polar surface area (TPSA) is 42.3 Å². The normalized spacial score (nSPS) is 17.2. The Bertz CT molecular complexity index is 1240. The molecule has 1 unspecified atom stereocenters. The fraction of sp³-hybridized carbons (Fsp3) is 0.130. The number of amides is 1. The van der Waals surface area contributed by atoms with Gasteiger partial charge in [-0.3, -0.25) is 9.59 Å². The van der Waals surface area contributed by atoms with E-state index in [-0.39, 0.29) is 10.4 Å². The van der Waals surface area contributed by atoms with Gasteiger partial charge in [-0.1, -0.05) is 48.5 Å². The number of carbonyl (C=O) groups excluding carboxylic acids is 2. The fourth-order valence-corrected chi connectivity index (χ4v) is 4.79. The fourth-order valence-electron chi connectivity index (χ4n) is 3.97. The van der Waals surface area contributed by atoms with Crippen molar-refractivity contribution in [1.29, 1.82) is 0 Å². The van der Waals surface area contributed by atoms with Crippen molar-refractivity contribution in [1.82, 2.24) is 9.47 Å². The minimum atomic E-state index is -0.516. The number of benzene rings is 3. The highest BCUT2D eigenvalue weighted by molar-refractivity contribution is 8.26. The van der Waals surface area contributed by atoms with E-state index in [0.29, 0.717) is 0 Å². The maximum Gasteiger partial charge on any atom is 0.289 e. The first-order valence-corrected chi connectivity index (χ1v) is 9.97. The second-order valence-corrected chi connectivity index (χ2v) is 8.06. The zero-order valence-electron chi connectivity index (χ0n) is 15.3. The summed E-state index contributed by atoms with van der Waals surface area (Å²) >= 11 is 0.792. The lowest BCUT2D eigenvalue weighted by Gasteiger charge is -2.18. The Morgan fingerprint density at radius 1 is 0.929 bits per heavy atom. The molecule has 1 aromatic heterocycles. The molecule has 0 aliphatic carbocycles. The van der Waals surface area contributed by atoms with Gasteiger partial charge in [0.1, 0.15) is 6.04 Å². The first-order valence-electron chi connectivity index (χ1n) is 9.16. The van der Waals surface area contributed by atoms with E-state index >= 15 is 0 Å². The summed E-state index contributed by atoms with van der Waals surface area (Å²) in [5, 5.41) is 3.18. The first-order chi connectivity index (χ1) is 13.6. The molecule has 1 atom stereocenters. The molecular formula is C23H18N2O2S. The van der Waals surface area contributed by atoms with Crippen molar-refractivity contribution < 1.29 is 9.59 Å². The van der Waals surface area contributed by atoms with Gasteiger partial charge in [0, 0.05) is 42.5 Å². The molecule has 0 N–H and O–H groups in total. The van der Waals surface area contributed by atoms with Gasteiger partial charge in [-0.15, -0.1) is 0 Å². The average Bonchev–Trinajstić information content (AvgIpc) is 3.22. The van der Waals surface area contributed by atoms with Crippen LogP contribution in [-0.4, -0.2) is 26.9 Å². The molecule has 3 aromatic carbocycles. The first kappa shape index (κ1) is 17.1. The summed E-state index contributed by atoms with van der Waals surface area (Å²) in [6.07, 6.45) is 2.05. The Morgan fingerprint density at radius 2 is 1.75 bits per heavy atom. The Labute approximate surface area is 166 Å². The molecule has 1 aliphatic rings. The lowest BCUT2D eigenvalue weighted by molar-refractivity contribution is -0.113. The third-order valence-electron chi connectivity index (χ3n) is 5.40. The van der Waals surface area contributed by atoms with Crippen molar-refractivity contribution in [2.75, 3.05) is 7.05 Å². The smallest absolute Gasteiger partial charge is 0.289 e. The van der Waals surface area contributed by atoms with E-state index in [1.54, 1.807) is 7.05 Å². The van der Waals surface area contributed by atoms with Crippen LogP contribution < -0.4 is 0 Å². The van der Waals surface area contributed by atoms with E-state index in [1.807, 2.05) is 24.3 Å². The number of carbonyl (C=O) groups is 2. The highest BCUT2D eigenvalue weighted by Gasteiger charge is 2.39. The molecule has 4 aromatic rings. The van der Waals surface area contributed by atoms with E-state index < -0.39 is 6.04 Å². The van der Waals surface area contributed by atoms with Gasteiger partial charge in [-0.05, 0) is 40.1 Å². The predicted molar refractivity (Wildman–Crippen MR) is 113 cm³/mol. The number of hydrogen-bond donors (Lipinski definition) is 0. The van der Waals surface area contributed by atoms with Crippen LogP contribution in [0.5, 0.6) is 0 Å². The molecule has 4 nitrogen and oxygen atoms in total. The number of rotatable bonds is 3. The molecule has 1 fully saturated rings. The summed E-state index contributed by atoms with van der Waals surface area (Å²) in [6, 6.07) is 22.4. The summed E-state index contributed by atoms with van der Waals surface area (Å²) in [7, 11) is 1.69. The van der Waals surface area contributed by atoms with Crippen molar-refractivity contribution >= 4 is 43.8 Å². The van der Waals surface area contributed by atoms with Crippen LogP contribution in [0.15, 0.2) is 72.9 Å². The molecule has 1 aliphatic heterocycles. The van der Waals surface area contributed by atoms with E-state index in [2.05, 4.69) is 53.2 Å². The number of aromatic nitrogens is 1. The van der Waals surface area contributed by atoms with Gasteiger partial charge in [0.25, 0.3) is 5.24 Å². The summed E-state index contributed by atoms with van der Waals surface area (Å²) in [4.78, 5) is 25.8. The Morgan fingerprint density at radius 3 is 2.54 bits per heavy atom. The molecule has 5 heteroatoms. The molecule has 5 rings (SSSR count). The van der Waals surface area contributed by atoms with E-state index in [0.717, 1.165) is 34.8 Å². The van der Waals surface area contributed by atoms with Gasteiger partial charge in [-0.2, -0.15) is 0 Å². The molecule has 0 bridgehead atoms. The van der Waals surface area contributed by atoms with Crippen molar-refractivity contribution in [2.45, 2.75) is 12.6 Å². The molecule has 28 heavy (non-hydrogen) atoms. The van der Waals surface area contributed by atoms with Crippen molar-refractivity contribution in [3.63, 3.8) is 0 Å². The maximum absolute atomic E-state index is 12.4. The van der Waals surface area contributed by atoms with Gasteiger partial charge in [0.2, 0.25) is 5.12 Å². The van der Waals surface area contributed by atoms with E-state index in [9.17, 15) is 9.59 Å². The Balaban J connectivity index is 1.54.